The van der Waals surface area contributed by atoms with Crippen LogP contribution in [0.2, 0.25) is 0 Å². The van der Waals surface area contributed by atoms with Crippen LogP contribution in [-0.4, -0.2) is 61.2 Å². The van der Waals surface area contributed by atoms with Crippen LogP contribution in [0.3, 0.4) is 0 Å². The maximum atomic E-state index is 12.3. The summed E-state index contributed by atoms with van der Waals surface area (Å²) < 4.78 is 5.36. The van der Waals surface area contributed by atoms with Gasteiger partial charge < -0.3 is 15.0 Å². The van der Waals surface area contributed by atoms with Gasteiger partial charge in [0.15, 0.2) is 0 Å². The molecule has 2 amide bonds. The Morgan fingerprint density at radius 1 is 1.24 bits per heavy atom. The number of ether oxygens (including phenoxy) is 1. The van der Waals surface area contributed by atoms with Crippen molar-refractivity contribution in [3.63, 3.8) is 0 Å². The molecule has 2 aliphatic rings. The lowest BCUT2D eigenvalue weighted by Crippen LogP contribution is -2.42. The number of carbonyl (C=O) groups excluding carboxylic acids is 1. The molecule has 0 aliphatic carbocycles. The van der Waals surface area contributed by atoms with Gasteiger partial charge in [0.05, 0.1) is 0 Å². The van der Waals surface area contributed by atoms with E-state index in [1.807, 2.05) is 29.2 Å². The maximum Gasteiger partial charge on any atom is 0.317 e. The Kier molecular flexibility index (Phi) is 6.19. The first kappa shape index (κ1) is 17.6. The van der Waals surface area contributed by atoms with E-state index in [1.54, 1.807) is 0 Å². The molecule has 1 N–H and O–H groups in total. The van der Waals surface area contributed by atoms with E-state index in [2.05, 4.69) is 16.1 Å². The van der Waals surface area contributed by atoms with Crippen molar-refractivity contribution in [1.82, 2.24) is 15.1 Å². The van der Waals surface area contributed by atoms with Crippen LogP contribution in [0.4, 0.5) is 4.79 Å². The van der Waals surface area contributed by atoms with Crippen molar-refractivity contribution in [3.05, 3.63) is 29.8 Å². The van der Waals surface area contributed by atoms with Gasteiger partial charge in [-0.1, -0.05) is 18.1 Å². The minimum atomic E-state index is 0.0654. The Morgan fingerprint density at radius 2 is 2.00 bits per heavy atom. The Bertz CT molecular complexity index is 602. The van der Waals surface area contributed by atoms with Gasteiger partial charge in [-0.3, -0.25) is 4.90 Å². The summed E-state index contributed by atoms with van der Waals surface area (Å²) in [5, 5.41) is 3.04. The first-order chi connectivity index (χ1) is 12.3. The van der Waals surface area contributed by atoms with E-state index in [4.69, 9.17) is 11.2 Å². The number of terminal acetylenes is 1. The number of urea groups is 1. The summed E-state index contributed by atoms with van der Waals surface area (Å²) in [6, 6.07) is 8.47. The van der Waals surface area contributed by atoms with E-state index < -0.39 is 0 Å². The third-order valence-corrected chi connectivity index (χ3v) is 5.04. The average Bonchev–Trinajstić information content (AvgIpc) is 3.32. The third kappa shape index (κ3) is 4.90. The molecule has 5 nitrogen and oxygen atoms in total. The minimum absolute atomic E-state index is 0.0654. The van der Waals surface area contributed by atoms with E-state index >= 15 is 0 Å². The van der Waals surface area contributed by atoms with Crippen LogP contribution in [0, 0.1) is 12.3 Å². The standard InChI is InChI=1S/C20H27N3O2/c1-2-15-25-19-7-5-17(6-8-19)9-11-21-20(24)23-14-10-18(16-23)22-12-3-4-13-22/h1,5-8,18H,3-4,9-16H2,(H,21,24)/t18-/m1/s1. The molecule has 0 radical (unpaired) electrons. The number of benzene rings is 1. The summed E-state index contributed by atoms with van der Waals surface area (Å²) in [6.07, 6.45) is 9.69. The molecule has 0 aromatic heterocycles. The summed E-state index contributed by atoms with van der Waals surface area (Å²) in [4.78, 5) is 16.8. The summed E-state index contributed by atoms with van der Waals surface area (Å²) in [5.74, 6) is 3.22. The Labute approximate surface area is 150 Å². The fourth-order valence-electron chi connectivity index (χ4n) is 3.63. The molecule has 3 rings (SSSR count). The van der Waals surface area contributed by atoms with Crippen LogP contribution < -0.4 is 10.1 Å². The lowest BCUT2D eigenvalue weighted by atomic mass is 10.1. The van der Waals surface area contributed by atoms with Gasteiger partial charge in [0, 0.05) is 25.7 Å². The number of nitrogens with one attached hydrogen (secondary N) is 1. The van der Waals surface area contributed by atoms with E-state index in [9.17, 15) is 4.79 Å². The molecule has 0 unspecified atom stereocenters. The van der Waals surface area contributed by atoms with Crippen molar-refractivity contribution in [2.45, 2.75) is 31.7 Å². The Morgan fingerprint density at radius 3 is 2.72 bits per heavy atom. The van der Waals surface area contributed by atoms with Crippen LogP contribution in [0.5, 0.6) is 5.75 Å². The minimum Gasteiger partial charge on any atom is -0.481 e. The van der Waals surface area contributed by atoms with Gasteiger partial charge in [-0.25, -0.2) is 4.79 Å². The fraction of sp³-hybridized carbons (Fsp3) is 0.550. The quantitative estimate of drug-likeness (QED) is 0.806. The molecule has 1 aromatic rings. The van der Waals surface area contributed by atoms with Gasteiger partial charge >= 0.3 is 6.03 Å². The second kappa shape index (κ2) is 8.77. The molecule has 2 saturated heterocycles. The maximum absolute atomic E-state index is 12.3. The summed E-state index contributed by atoms with van der Waals surface area (Å²) in [7, 11) is 0. The second-order valence-electron chi connectivity index (χ2n) is 6.75. The molecule has 1 atom stereocenters. The highest BCUT2D eigenvalue weighted by Crippen LogP contribution is 2.20. The Balaban J connectivity index is 1.37. The lowest BCUT2D eigenvalue weighted by molar-refractivity contribution is 0.199. The predicted octanol–water partition coefficient (Wildman–Crippen LogP) is 2.12. The molecular weight excluding hydrogens is 314 g/mol. The van der Waals surface area contributed by atoms with Crippen molar-refractivity contribution < 1.29 is 9.53 Å². The zero-order valence-corrected chi connectivity index (χ0v) is 14.7. The number of carbonyl (C=O) groups is 1. The molecule has 2 heterocycles. The van der Waals surface area contributed by atoms with Gasteiger partial charge in [0.25, 0.3) is 0 Å². The van der Waals surface area contributed by atoms with Crippen LogP contribution in [0.1, 0.15) is 24.8 Å². The predicted molar refractivity (Wildman–Crippen MR) is 98.7 cm³/mol. The summed E-state index contributed by atoms with van der Waals surface area (Å²) in [6.45, 7) is 5.06. The largest absolute Gasteiger partial charge is 0.481 e. The van der Waals surface area contributed by atoms with E-state index in [1.165, 1.54) is 31.5 Å². The van der Waals surface area contributed by atoms with Gasteiger partial charge in [0.2, 0.25) is 0 Å². The van der Waals surface area contributed by atoms with Crippen LogP contribution in [-0.2, 0) is 6.42 Å². The van der Waals surface area contributed by atoms with Crippen LogP contribution >= 0.6 is 0 Å². The van der Waals surface area contributed by atoms with E-state index in [-0.39, 0.29) is 12.6 Å². The SMILES string of the molecule is C#CCOc1ccc(CCNC(=O)N2CC[C@@H](N3CCCC3)C2)cc1. The second-order valence-corrected chi connectivity index (χ2v) is 6.75. The number of rotatable bonds is 6. The van der Waals surface area contributed by atoms with E-state index in [0.29, 0.717) is 12.6 Å². The van der Waals surface area contributed by atoms with Crippen molar-refractivity contribution in [2.75, 3.05) is 39.3 Å². The monoisotopic (exact) mass is 341 g/mol. The highest BCUT2D eigenvalue weighted by Gasteiger charge is 2.31. The number of likely N-dealkylation sites (tertiary alicyclic amines) is 2. The van der Waals surface area contributed by atoms with Gasteiger partial charge in [-0.05, 0) is 56.5 Å². The molecule has 2 aliphatic heterocycles. The molecule has 2 fully saturated rings. The van der Waals surface area contributed by atoms with Gasteiger partial charge in [0.1, 0.15) is 12.4 Å². The molecule has 25 heavy (non-hydrogen) atoms. The molecule has 0 bridgehead atoms. The number of nitrogens with zero attached hydrogens (tertiary/aromatic N) is 2. The third-order valence-electron chi connectivity index (χ3n) is 5.04. The van der Waals surface area contributed by atoms with Crippen LogP contribution in [0.25, 0.3) is 0 Å². The highest BCUT2D eigenvalue weighted by molar-refractivity contribution is 5.74. The average molecular weight is 341 g/mol. The highest BCUT2D eigenvalue weighted by atomic mass is 16.5. The van der Waals surface area contributed by atoms with Crippen molar-refractivity contribution in [1.29, 1.82) is 0 Å². The number of hydrogen-bond donors (Lipinski definition) is 1. The number of amides is 2. The van der Waals surface area contributed by atoms with Gasteiger partial charge in [-0.15, -0.1) is 6.42 Å². The molecule has 5 heteroatoms. The normalized spacial score (nSPS) is 20.4. The Hall–Kier alpha value is -2.19. The topological polar surface area (TPSA) is 44.8 Å². The summed E-state index contributed by atoms with van der Waals surface area (Å²) in [5.41, 5.74) is 1.17. The van der Waals surface area contributed by atoms with Crippen molar-refractivity contribution in [2.24, 2.45) is 0 Å². The molecule has 134 valence electrons. The molecule has 0 saturated carbocycles. The van der Waals surface area contributed by atoms with E-state index in [0.717, 1.165) is 31.7 Å². The molecular formula is C20H27N3O2. The first-order valence-electron chi connectivity index (χ1n) is 9.18. The lowest BCUT2D eigenvalue weighted by Gasteiger charge is -2.23. The smallest absolute Gasteiger partial charge is 0.317 e. The zero-order valence-electron chi connectivity index (χ0n) is 14.7. The summed E-state index contributed by atoms with van der Waals surface area (Å²) >= 11 is 0. The van der Waals surface area contributed by atoms with Crippen LogP contribution in [0.15, 0.2) is 24.3 Å². The van der Waals surface area contributed by atoms with Gasteiger partial charge in [-0.2, -0.15) is 0 Å². The zero-order chi connectivity index (χ0) is 17.5. The number of hydrogen-bond acceptors (Lipinski definition) is 3. The van der Waals surface area contributed by atoms with Crippen molar-refractivity contribution in [3.8, 4) is 18.1 Å². The molecule has 0 spiro atoms. The van der Waals surface area contributed by atoms with Crippen molar-refractivity contribution >= 4 is 6.03 Å². The fourth-order valence-corrected chi connectivity index (χ4v) is 3.63. The first-order valence-corrected chi connectivity index (χ1v) is 9.18. The molecule has 1 aromatic carbocycles.